The van der Waals surface area contributed by atoms with Gasteiger partial charge in [0.15, 0.2) is 0 Å². The van der Waals surface area contributed by atoms with E-state index in [0.717, 1.165) is 21.9 Å². The van der Waals surface area contributed by atoms with Crippen molar-refractivity contribution in [3.63, 3.8) is 0 Å². The smallest absolute Gasteiger partial charge is 0.252 e. The van der Waals surface area contributed by atoms with Gasteiger partial charge in [-0.25, -0.2) is 0 Å². The minimum Gasteiger partial charge on any atom is -0.348 e. The molecule has 0 fully saturated rings. The molecule has 0 spiro atoms. The number of nitrogens with one attached hydrogen (secondary N) is 1. The summed E-state index contributed by atoms with van der Waals surface area (Å²) in [6.45, 7) is 6.11. The van der Waals surface area contributed by atoms with E-state index in [1.54, 1.807) is 0 Å². The van der Waals surface area contributed by atoms with E-state index in [1.807, 2.05) is 37.3 Å². The molecular weight excluding hydrogens is 316 g/mol. The highest BCUT2D eigenvalue weighted by Gasteiger charge is 2.18. The van der Waals surface area contributed by atoms with Gasteiger partial charge in [0, 0.05) is 22.5 Å². The van der Waals surface area contributed by atoms with Crippen molar-refractivity contribution in [3.05, 3.63) is 41.6 Å². The maximum absolute atomic E-state index is 12.5. The molecule has 106 valence electrons. The molecule has 0 saturated heterocycles. The lowest BCUT2D eigenvalue weighted by Crippen LogP contribution is -2.39. The van der Waals surface area contributed by atoms with Crippen LogP contribution in [0.15, 0.2) is 30.3 Å². The minimum absolute atomic E-state index is 0.0372. The summed E-state index contributed by atoms with van der Waals surface area (Å²) in [4.78, 5) is 17.0. The molecule has 1 aromatic heterocycles. The molecule has 20 heavy (non-hydrogen) atoms. The number of hydrogen-bond acceptors (Lipinski definition) is 2. The van der Waals surface area contributed by atoms with Crippen molar-refractivity contribution in [3.8, 4) is 0 Å². The van der Waals surface area contributed by atoms with Gasteiger partial charge in [-0.1, -0.05) is 48.0 Å². The van der Waals surface area contributed by atoms with Crippen LogP contribution in [0.4, 0.5) is 0 Å². The third-order valence-electron chi connectivity index (χ3n) is 3.38. The maximum atomic E-state index is 12.5. The highest BCUT2D eigenvalue weighted by atomic mass is 79.9. The Bertz CT molecular complexity index is 625. The van der Waals surface area contributed by atoms with E-state index in [1.165, 1.54) is 0 Å². The fourth-order valence-corrected chi connectivity index (χ4v) is 3.03. The predicted octanol–water partition coefficient (Wildman–Crippen LogP) is 3.69. The molecule has 1 N–H and O–H groups in total. The van der Waals surface area contributed by atoms with Crippen LogP contribution in [-0.2, 0) is 0 Å². The molecule has 2 aromatic rings. The fraction of sp³-hybridized carbons (Fsp3) is 0.375. The predicted molar refractivity (Wildman–Crippen MR) is 86.4 cm³/mol. The molecule has 0 saturated carbocycles. The van der Waals surface area contributed by atoms with Crippen molar-refractivity contribution in [1.29, 1.82) is 0 Å². The molecule has 1 atom stereocenters. The van der Waals surface area contributed by atoms with E-state index in [-0.39, 0.29) is 11.9 Å². The largest absolute Gasteiger partial charge is 0.348 e. The molecule has 1 unspecified atom stereocenters. The number of halogens is 1. The zero-order chi connectivity index (χ0) is 14.7. The first kappa shape index (κ1) is 15.0. The number of hydrogen-bond donors (Lipinski definition) is 1. The Morgan fingerprint density at radius 1 is 1.35 bits per heavy atom. The number of fused-ring (bicyclic) bond motifs is 1. The molecule has 1 aromatic carbocycles. The van der Waals surface area contributed by atoms with Crippen LogP contribution >= 0.6 is 15.9 Å². The third-order valence-corrected chi connectivity index (χ3v) is 4.07. The Morgan fingerprint density at radius 2 is 2.05 bits per heavy atom. The van der Waals surface area contributed by atoms with Crippen LogP contribution in [0.3, 0.4) is 0 Å². The molecular formula is C16H19BrN2O. The molecule has 2 rings (SSSR count). The molecule has 4 heteroatoms. The number of carbonyl (C=O) groups is 1. The first-order chi connectivity index (χ1) is 9.52. The second-order valence-corrected chi connectivity index (χ2v) is 5.95. The van der Waals surface area contributed by atoms with Gasteiger partial charge in [0.1, 0.15) is 0 Å². The topological polar surface area (TPSA) is 42.0 Å². The molecule has 1 amide bonds. The Balaban J connectivity index is 2.39. The summed E-state index contributed by atoms with van der Waals surface area (Å²) < 4.78 is 0. The number of nitrogens with zero attached hydrogens (tertiary/aromatic N) is 1. The van der Waals surface area contributed by atoms with Crippen molar-refractivity contribution < 1.29 is 4.79 Å². The second-order valence-electron chi connectivity index (χ2n) is 5.31. The van der Waals surface area contributed by atoms with Crippen molar-refractivity contribution in [2.24, 2.45) is 5.92 Å². The number of aryl methyl sites for hydroxylation is 1. The van der Waals surface area contributed by atoms with Crippen LogP contribution in [0, 0.1) is 12.8 Å². The Labute approximate surface area is 127 Å². The van der Waals surface area contributed by atoms with Gasteiger partial charge in [-0.05, 0) is 25.0 Å². The average Bonchev–Trinajstić information content (AvgIpc) is 2.43. The number of benzene rings is 1. The zero-order valence-corrected chi connectivity index (χ0v) is 13.6. The minimum atomic E-state index is -0.0372. The summed E-state index contributed by atoms with van der Waals surface area (Å²) >= 11 is 3.45. The van der Waals surface area contributed by atoms with Gasteiger partial charge in [0.25, 0.3) is 5.91 Å². The molecule has 0 aliphatic rings. The van der Waals surface area contributed by atoms with E-state index < -0.39 is 0 Å². The summed E-state index contributed by atoms with van der Waals surface area (Å²) in [6.07, 6.45) is 0. The lowest BCUT2D eigenvalue weighted by molar-refractivity contribution is 0.0933. The van der Waals surface area contributed by atoms with E-state index in [9.17, 15) is 4.79 Å². The molecule has 0 aliphatic heterocycles. The second kappa shape index (κ2) is 6.35. The highest BCUT2D eigenvalue weighted by molar-refractivity contribution is 9.09. The quantitative estimate of drug-likeness (QED) is 0.866. The Hall–Kier alpha value is -1.42. The van der Waals surface area contributed by atoms with Gasteiger partial charge in [0.05, 0.1) is 11.1 Å². The Morgan fingerprint density at radius 3 is 2.70 bits per heavy atom. The van der Waals surface area contributed by atoms with Gasteiger partial charge in [-0.3, -0.25) is 9.78 Å². The van der Waals surface area contributed by atoms with Gasteiger partial charge in [0.2, 0.25) is 0 Å². The SMILES string of the molecule is Cc1cc(C(=O)NC(CBr)C(C)C)c2ccccc2n1. The summed E-state index contributed by atoms with van der Waals surface area (Å²) in [7, 11) is 0. The lowest BCUT2D eigenvalue weighted by atomic mass is 10.0. The number of rotatable bonds is 4. The highest BCUT2D eigenvalue weighted by Crippen LogP contribution is 2.18. The van der Waals surface area contributed by atoms with Crippen molar-refractivity contribution in [2.45, 2.75) is 26.8 Å². The van der Waals surface area contributed by atoms with Gasteiger partial charge in [-0.2, -0.15) is 0 Å². The van der Waals surface area contributed by atoms with Crippen molar-refractivity contribution in [1.82, 2.24) is 10.3 Å². The monoisotopic (exact) mass is 334 g/mol. The van der Waals surface area contributed by atoms with Crippen molar-refractivity contribution >= 4 is 32.7 Å². The Kier molecular flexibility index (Phi) is 4.76. The molecule has 3 nitrogen and oxygen atoms in total. The molecule has 1 heterocycles. The summed E-state index contributed by atoms with van der Waals surface area (Å²) in [5, 5.41) is 4.73. The average molecular weight is 335 g/mol. The number of amides is 1. The maximum Gasteiger partial charge on any atom is 0.252 e. The van der Waals surface area contributed by atoms with Gasteiger partial charge >= 0.3 is 0 Å². The van der Waals surface area contributed by atoms with Gasteiger partial charge < -0.3 is 5.32 Å². The number of para-hydroxylation sites is 1. The first-order valence-electron chi connectivity index (χ1n) is 6.76. The first-order valence-corrected chi connectivity index (χ1v) is 7.88. The van der Waals surface area contributed by atoms with Crippen LogP contribution in [0.2, 0.25) is 0 Å². The standard InChI is InChI=1S/C16H19BrN2O/c1-10(2)15(9-17)19-16(20)13-8-11(3)18-14-7-5-4-6-12(13)14/h4-8,10,15H,9H2,1-3H3,(H,19,20). The molecule has 0 bridgehead atoms. The normalized spacial score (nSPS) is 12.7. The van der Waals surface area contributed by atoms with E-state index in [0.29, 0.717) is 11.5 Å². The van der Waals surface area contributed by atoms with Crippen LogP contribution in [0.1, 0.15) is 29.9 Å². The molecule has 0 radical (unpaired) electrons. The molecule has 0 aliphatic carbocycles. The number of pyridine rings is 1. The third kappa shape index (κ3) is 3.18. The van der Waals surface area contributed by atoms with E-state index >= 15 is 0 Å². The zero-order valence-electron chi connectivity index (χ0n) is 12.0. The van der Waals surface area contributed by atoms with Gasteiger partial charge in [-0.15, -0.1) is 0 Å². The fourth-order valence-electron chi connectivity index (χ4n) is 2.13. The lowest BCUT2D eigenvalue weighted by Gasteiger charge is -2.20. The number of aromatic nitrogens is 1. The van der Waals surface area contributed by atoms with Crippen LogP contribution in [0.5, 0.6) is 0 Å². The van der Waals surface area contributed by atoms with E-state index in [2.05, 4.69) is 40.1 Å². The van der Waals surface area contributed by atoms with Crippen LogP contribution in [-0.4, -0.2) is 22.3 Å². The van der Waals surface area contributed by atoms with Crippen LogP contribution < -0.4 is 5.32 Å². The van der Waals surface area contributed by atoms with E-state index in [4.69, 9.17) is 0 Å². The van der Waals surface area contributed by atoms with Crippen LogP contribution in [0.25, 0.3) is 10.9 Å². The summed E-state index contributed by atoms with van der Waals surface area (Å²) in [5.41, 5.74) is 2.41. The summed E-state index contributed by atoms with van der Waals surface area (Å²) in [6, 6.07) is 9.71. The number of carbonyl (C=O) groups excluding carboxylic acids is 1. The summed E-state index contributed by atoms with van der Waals surface area (Å²) in [5.74, 6) is 0.345. The number of alkyl halides is 1. The van der Waals surface area contributed by atoms with Crippen molar-refractivity contribution in [2.75, 3.05) is 5.33 Å².